The van der Waals surface area contributed by atoms with Crippen molar-refractivity contribution in [3.05, 3.63) is 74.9 Å². The first-order valence-electron chi connectivity index (χ1n) is 9.26. The molecule has 0 spiro atoms. The van der Waals surface area contributed by atoms with Gasteiger partial charge in [0.15, 0.2) is 0 Å². The molecule has 2 aromatic carbocycles. The summed E-state index contributed by atoms with van der Waals surface area (Å²) >= 11 is 7.78. The summed E-state index contributed by atoms with van der Waals surface area (Å²) in [7, 11) is 0. The van der Waals surface area contributed by atoms with Crippen molar-refractivity contribution in [1.29, 1.82) is 0 Å². The Kier molecular flexibility index (Phi) is 5.32. The van der Waals surface area contributed by atoms with Crippen molar-refractivity contribution in [2.45, 2.75) is 20.8 Å². The predicted molar refractivity (Wildman–Crippen MR) is 122 cm³/mol. The lowest BCUT2D eigenvalue weighted by Gasteiger charge is -2.07. The van der Waals surface area contributed by atoms with E-state index in [-0.39, 0.29) is 11.8 Å². The number of amides is 2. The Balaban J connectivity index is 1.49. The molecule has 0 fully saturated rings. The molecule has 2 amide bonds. The van der Waals surface area contributed by atoms with Gasteiger partial charge in [0, 0.05) is 21.3 Å². The highest BCUT2D eigenvalue weighted by molar-refractivity contribution is 7.21. The monoisotopic (exact) mass is 438 g/mol. The van der Waals surface area contributed by atoms with Crippen LogP contribution in [0.15, 0.2) is 42.5 Å². The maximum absolute atomic E-state index is 12.7. The molecule has 0 unspecified atom stereocenters. The lowest BCUT2D eigenvalue weighted by atomic mass is 10.1. The van der Waals surface area contributed by atoms with E-state index in [4.69, 9.17) is 11.6 Å². The van der Waals surface area contributed by atoms with Crippen molar-refractivity contribution in [2.24, 2.45) is 0 Å². The molecule has 2 heterocycles. The summed E-state index contributed by atoms with van der Waals surface area (Å²) in [5, 5.41) is 13.9. The molecule has 0 aliphatic rings. The van der Waals surface area contributed by atoms with Crippen molar-refractivity contribution in [3.63, 3.8) is 0 Å². The minimum Gasteiger partial charge on any atom is -0.321 e. The van der Waals surface area contributed by atoms with Gasteiger partial charge >= 0.3 is 0 Å². The van der Waals surface area contributed by atoms with E-state index in [1.54, 1.807) is 24.3 Å². The van der Waals surface area contributed by atoms with Crippen molar-refractivity contribution in [1.82, 2.24) is 10.2 Å². The first kappa shape index (κ1) is 20.1. The molecule has 0 bridgehead atoms. The maximum Gasteiger partial charge on any atom is 0.267 e. The lowest BCUT2D eigenvalue weighted by molar-refractivity contribution is 0.102. The summed E-state index contributed by atoms with van der Waals surface area (Å²) in [4.78, 5) is 25.7. The third-order valence-corrected chi connectivity index (χ3v) is 6.42. The molecule has 0 aliphatic heterocycles. The van der Waals surface area contributed by atoms with E-state index in [9.17, 15) is 9.59 Å². The quantitative estimate of drug-likeness (QED) is 0.381. The highest BCUT2D eigenvalue weighted by Crippen LogP contribution is 2.36. The van der Waals surface area contributed by atoms with Crippen LogP contribution in [0.1, 0.15) is 37.0 Å². The molecule has 0 saturated heterocycles. The predicted octanol–water partition coefficient (Wildman–Crippen LogP) is 5.71. The molecule has 0 atom stereocenters. The number of halogens is 1. The van der Waals surface area contributed by atoms with Crippen LogP contribution in [-0.4, -0.2) is 22.0 Å². The van der Waals surface area contributed by atoms with E-state index in [2.05, 4.69) is 20.8 Å². The van der Waals surface area contributed by atoms with Crippen molar-refractivity contribution < 1.29 is 9.59 Å². The van der Waals surface area contributed by atoms with Crippen LogP contribution < -0.4 is 10.6 Å². The summed E-state index contributed by atoms with van der Waals surface area (Å²) in [6.07, 6.45) is 0. The summed E-state index contributed by atoms with van der Waals surface area (Å²) in [5.74, 6) is -0.524. The number of H-pyrrole nitrogens is 1. The molecule has 3 N–H and O–H groups in total. The number of benzene rings is 2. The second-order valence-corrected chi connectivity index (χ2v) is 8.47. The fraction of sp³-hybridized carbons (Fsp3) is 0.136. The molecule has 30 heavy (non-hydrogen) atoms. The van der Waals surface area contributed by atoms with Gasteiger partial charge in [0.2, 0.25) is 0 Å². The summed E-state index contributed by atoms with van der Waals surface area (Å²) in [6, 6.07) is 12.6. The Bertz CT molecular complexity index is 1260. The second-order valence-electron chi connectivity index (χ2n) is 7.04. The van der Waals surface area contributed by atoms with Crippen molar-refractivity contribution in [2.75, 3.05) is 10.6 Å². The number of carbonyl (C=O) groups excluding carboxylic acids is 2. The van der Waals surface area contributed by atoms with Gasteiger partial charge in [-0.25, -0.2) is 0 Å². The molecule has 0 radical (unpaired) electrons. The third-order valence-electron chi connectivity index (χ3n) is 4.76. The number of aromatic amines is 1. The average Bonchev–Trinajstić information content (AvgIpc) is 3.22. The maximum atomic E-state index is 12.7. The first-order valence-corrected chi connectivity index (χ1v) is 10.5. The second kappa shape index (κ2) is 7.93. The van der Waals surface area contributed by atoms with Gasteiger partial charge in [-0.1, -0.05) is 23.7 Å². The summed E-state index contributed by atoms with van der Waals surface area (Å²) in [5.41, 5.74) is 4.36. The molecule has 152 valence electrons. The number of thiophene rings is 1. The Hall–Kier alpha value is -3.16. The minimum atomic E-state index is -0.277. The van der Waals surface area contributed by atoms with Gasteiger partial charge in [0.1, 0.15) is 4.88 Å². The number of nitrogens with one attached hydrogen (secondary N) is 3. The largest absolute Gasteiger partial charge is 0.321 e. The molecule has 0 saturated carbocycles. The van der Waals surface area contributed by atoms with E-state index >= 15 is 0 Å². The molecule has 6 nitrogen and oxygen atoms in total. The van der Waals surface area contributed by atoms with E-state index in [1.807, 2.05) is 39.0 Å². The fourth-order valence-corrected chi connectivity index (χ4v) is 4.64. The van der Waals surface area contributed by atoms with Gasteiger partial charge in [-0.2, -0.15) is 5.10 Å². The Morgan fingerprint density at radius 1 is 1.00 bits per heavy atom. The van der Waals surface area contributed by atoms with Gasteiger partial charge in [-0.15, -0.1) is 11.3 Å². The van der Waals surface area contributed by atoms with Gasteiger partial charge in [0.05, 0.1) is 22.1 Å². The Labute approximate surface area is 182 Å². The number of nitrogens with zero attached hydrogens (tertiary/aromatic N) is 1. The average molecular weight is 439 g/mol. The standard InChI is InChI=1S/C22H19ClN4O2S/c1-11-4-9-16-17(10-11)30-20(18(16)23)22(29)24-15-7-5-14(6-8-15)21(28)25-19-12(2)26-27-13(19)3/h4-10H,1-3H3,(H,24,29)(H,25,28)(H,26,27). The third kappa shape index (κ3) is 3.81. The zero-order valence-corrected chi connectivity index (χ0v) is 18.2. The summed E-state index contributed by atoms with van der Waals surface area (Å²) < 4.78 is 0.974. The Morgan fingerprint density at radius 3 is 2.40 bits per heavy atom. The van der Waals surface area contributed by atoms with Gasteiger partial charge in [-0.05, 0) is 56.7 Å². The van der Waals surface area contributed by atoms with E-state index in [0.717, 1.165) is 27.0 Å². The number of rotatable bonds is 4. The van der Waals surface area contributed by atoms with Crippen LogP contribution in [0.4, 0.5) is 11.4 Å². The van der Waals surface area contributed by atoms with Crippen LogP contribution in [0.25, 0.3) is 10.1 Å². The highest BCUT2D eigenvalue weighted by atomic mass is 35.5. The number of aromatic nitrogens is 2. The number of hydrogen-bond acceptors (Lipinski definition) is 4. The molecule has 0 aliphatic carbocycles. The number of hydrogen-bond donors (Lipinski definition) is 3. The smallest absolute Gasteiger partial charge is 0.267 e. The zero-order valence-electron chi connectivity index (χ0n) is 16.6. The number of fused-ring (bicyclic) bond motifs is 1. The topological polar surface area (TPSA) is 86.9 Å². The van der Waals surface area contributed by atoms with Gasteiger partial charge < -0.3 is 10.6 Å². The summed E-state index contributed by atoms with van der Waals surface area (Å²) in [6.45, 7) is 5.66. The van der Waals surface area contributed by atoms with Gasteiger partial charge in [-0.3, -0.25) is 14.7 Å². The molecule has 4 aromatic rings. The van der Waals surface area contributed by atoms with Crippen LogP contribution in [0.5, 0.6) is 0 Å². The van der Waals surface area contributed by atoms with Crippen molar-refractivity contribution >= 4 is 56.2 Å². The molecule has 8 heteroatoms. The van der Waals surface area contributed by atoms with Crippen LogP contribution in [0, 0.1) is 20.8 Å². The normalized spacial score (nSPS) is 10.9. The highest BCUT2D eigenvalue weighted by Gasteiger charge is 2.18. The number of aryl methyl sites for hydroxylation is 3. The van der Waals surface area contributed by atoms with Crippen LogP contribution >= 0.6 is 22.9 Å². The van der Waals surface area contributed by atoms with E-state index < -0.39 is 0 Å². The number of anilines is 2. The first-order chi connectivity index (χ1) is 14.3. The SMILES string of the molecule is Cc1ccc2c(Cl)c(C(=O)Nc3ccc(C(=O)Nc4c(C)n[nH]c4C)cc3)sc2c1. The minimum absolute atomic E-state index is 0.247. The van der Waals surface area contributed by atoms with Gasteiger partial charge in [0.25, 0.3) is 11.8 Å². The molecular weight excluding hydrogens is 420 g/mol. The van der Waals surface area contributed by atoms with Crippen LogP contribution in [0.2, 0.25) is 5.02 Å². The number of carbonyl (C=O) groups is 2. The van der Waals surface area contributed by atoms with E-state index in [0.29, 0.717) is 26.8 Å². The fourth-order valence-electron chi connectivity index (χ4n) is 3.13. The van der Waals surface area contributed by atoms with E-state index in [1.165, 1.54) is 11.3 Å². The van der Waals surface area contributed by atoms with Crippen LogP contribution in [0.3, 0.4) is 0 Å². The Morgan fingerprint density at radius 2 is 1.73 bits per heavy atom. The molecular formula is C22H19ClN4O2S. The van der Waals surface area contributed by atoms with Crippen LogP contribution in [-0.2, 0) is 0 Å². The lowest BCUT2D eigenvalue weighted by Crippen LogP contribution is -2.14. The molecule has 4 rings (SSSR count). The molecule has 2 aromatic heterocycles. The van der Waals surface area contributed by atoms with Crippen molar-refractivity contribution in [3.8, 4) is 0 Å². The zero-order chi connectivity index (χ0) is 21.4.